The molecular weight excluding hydrogens is 298 g/mol. The van der Waals surface area contributed by atoms with Crippen molar-refractivity contribution >= 4 is 5.91 Å². The third-order valence-electron chi connectivity index (χ3n) is 4.15. The monoisotopic (exact) mass is 319 g/mol. The summed E-state index contributed by atoms with van der Waals surface area (Å²) in [7, 11) is 0. The van der Waals surface area contributed by atoms with Crippen molar-refractivity contribution < 1.29 is 4.79 Å². The highest BCUT2D eigenvalue weighted by Crippen LogP contribution is 2.17. The number of carbonyl (C=O) groups excluding carboxylic acids is 1. The maximum Gasteiger partial charge on any atom is 0.255 e. The van der Waals surface area contributed by atoms with Gasteiger partial charge in [0.2, 0.25) is 0 Å². The van der Waals surface area contributed by atoms with Crippen molar-refractivity contribution in [3.63, 3.8) is 0 Å². The van der Waals surface area contributed by atoms with Gasteiger partial charge in [-0.1, -0.05) is 42.5 Å². The van der Waals surface area contributed by atoms with Gasteiger partial charge < -0.3 is 5.32 Å². The van der Waals surface area contributed by atoms with Crippen LogP contribution in [-0.4, -0.2) is 15.7 Å². The van der Waals surface area contributed by atoms with E-state index in [-0.39, 0.29) is 11.9 Å². The average molecular weight is 319 g/mol. The number of amides is 1. The smallest absolute Gasteiger partial charge is 0.255 e. The van der Waals surface area contributed by atoms with Gasteiger partial charge in [-0.2, -0.15) is 5.10 Å². The molecule has 2 aromatic carbocycles. The fourth-order valence-electron chi connectivity index (χ4n) is 2.75. The molecule has 4 nitrogen and oxygen atoms in total. The predicted octanol–water partition coefficient (Wildman–Crippen LogP) is 3.98. The lowest BCUT2D eigenvalue weighted by Gasteiger charge is -2.14. The molecule has 3 aromatic rings. The number of nitrogens with zero attached hydrogens (tertiary/aromatic N) is 2. The Morgan fingerprint density at radius 2 is 1.83 bits per heavy atom. The number of aromatic nitrogens is 2. The summed E-state index contributed by atoms with van der Waals surface area (Å²) >= 11 is 0. The van der Waals surface area contributed by atoms with Crippen LogP contribution in [0.15, 0.2) is 60.8 Å². The number of hydrogen-bond acceptors (Lipinski definition) is 2. The molecule has 0 bridgehead atoms. The van der Waals surface area contributed by atoms with Crippen LogP contribution in [0.5, 0.6) is 0 Å². The lowest BCUT2D eigenvalue weighted by atomic mass is 10.1. The minimum Gasteiger partial charge on any atom is -0.345 e. The fourth-order valence-corrected chi connectivity index (χ4v) is 2.75. The van der Waals surface area contributed by atoms with Crippen molar-refractivity contribution in [3.8, 4) is 5.69 Å². The molecule has 4 heteroatoms. The summed E-state index contributed by atoms with van der Waals surface area (Å²) < 4.78 is 1.80. The molecule has 122 valence electrons. The van der Waals surface area contributed by atoms with Gasteiger partial charge in [-0.05, 0) is 44.0 Å². The van der Waals surface area contributed by atoms with Crippen molar-refractivity contribution in [1.29, 1.82) is 0 Å². The van der Waals surface area contributed by atoms with E-state index in [0.717, 1.165) is 22.5 Å². The highest BCUT2D eigenvalue weighted by Gasteiger charge is 2.17. The minimum atomic E-state index is -0.109. The molecular formula is C20H21N3O. The maximum atomic E-state index is 12.6. The third kappa shape index (κ3) is 3.23. The van der Waals surface area contributed by atoms with E-state index >= 15 is 0 Å². The van der Waals surface area contributed by atoms with Crippen LogP contribution in [0.1, 0.15) is 40.1 Å². The Kier molecular flexibility index (Phi) is 4.47. The lowest BCUT2D eigenvalue weighted by molar-refractivity contribution is 0.0939. The molecule has 0 aliphatic carbocycles. The first-order valence-electron chi connectivity index (χ1n) is 8.03. The number of hydrogen-bond donors (Lipinski definition) is 1. The molecule has 0 saturated heterocycles. The van der Waals surface area contributed by atoms with Gasteiger partial charge in [0.05, 0.1) is 29.2 Å². The van der Waals surface area contributed by atoms with E-state index in [1.165, 1.54) is 0 Å². The summed E-state index contributed by atoms with van der Waals surface area (Å²) in [6.45, 7) is 5.93. The van der Waals surface area contributed by atoms with E-state index in [1.54, 1.807) is 10.9 Å². The van der Waals surface area contributed by atoms with Crippen LogP contribution in [0.3, 0.4) is 0 Å². The summed E-state index contributed by atoms with van der Waals surface area (Å²) in [5, 5.41) is 7.42. The van der Waals surface area contributed by atoms with Crippen molar-refractivity contribution in [3.05, 3.63) is 83.2 Å². The normalized spacial score (nSPS) is 12.0. The Morgan fingerprint density at radius 1 is 1.08 bits per heavy atom. The second kappa shape index (κ2) is 6.71. The summed E-state index contributed by atoms with van der Waals surface area (Å²) in [5.41, 5.74) is 4.63. The first kappa shape index (κ1) is 16.0. The predicted molar refractivity (Wildman–Crippen MR) is 95.4 cm³/mol. The summed E-state index contributed by atoms with van der Waals surface area (Å²) in [6, 6.07) is 17.9. The first-order chi connectivity index (χ1) is 11.6. The fraction of sp³-hybridized carbons (Fsp3) is 0.200. The van der Waals surface area contributed by atoms with Crippen LogP contribution >= 0.6 is 0 Å². The Balaban J connectivity index is 1.82. The Hall–Kier alpha value is -2.88. The number of carbonyl (C=O) groups is 1. The summed E-state index contributed by atoms with van der Waals surface area (Å²) in [4.78, 5) is 12.6. The standard InChI is InChI=1S/C20H21N3O/c1-14-8-7-11-18(12-14)23-16(3)19(13-21-23)20(24)22-15(2)17-9-5-4-6-10-17/h4-13,15H,1-3H3,(H,22,24)/t15-/m0/s1. The molecule has 0 fully saturated rings. The minimum absolute atomic E-state index is 0.0552. The molecule has 24 heavy (non-hydrogen) atoms. The van der Waals surface area contributed by atoms with Crippen LogP contribution in [0, 0.1) is 13.8 Å². The van der Waals surface area contributed by atoms with Gasteiger partial charge in [0.1, 0.15) is 0 Å². The zero-order chi connectivity index (χ0) is 17.1. The third-order valence-corrected chi connectivity index (χ3v) is 4.15. The molecule has 0 saturated carbocycles. The molecule has 0 aliphatic rings. The van der Waals surface area contributed by atoms with E-state index in [0.29, 0.717) is 5.56 Å². The molecule has 0 unspecified atom stereocenters. The molecule has 0 spiro atoms. The number of rotatable bonds is 4. The molecule has 1 atom stereocenters. The number of benzene rings is 2. The van der Waals surface area contributed by atoms with Crippen molar-refractivity contribution in [2.24, 2.45) is 0 Å². The number of aryl methyl sites for hydroxylation is 1. The highest BCUT2D eigenvalue weighted by molar-refractivity contribution is 5.95. The van der Waals surface area contributed by atoms with Gasteiger partial charge in [-0.25, -0.2) is 4.68 Å². The second-order valence-electron chi connectivity index (χ2n) is 6.00. The molecule has 1 aromatic heterocycles. The van der Waals surface area contributed by atoms with E-state index in [1.807, 2.05) is 75.4 Å². The Morgan fingerprint density at radius 3 is 2.54 bits per heavy atom. The van der Waals surface area contributed by atoms with Crippen LogP contribution in [0.4, 0.5) is 0 Å². The van der Waals surface area contributed by atoms with Crippen LogP contribution < -0.4 is 5.32 Å². The summed E-state index contributed by atoms with van der Waals surface area (Å²) in [6.07, 6.45) is 1.63. The van der Waals surface area contributed by atoms with Gasteiger partial charge in [0.15, 0.2) is 0 Å². The average Bonchev–Trinajstić information content (AvgIpc) is 2.97. The van der Waals surface area contributed by atoms with E-state index in [9.17, 15) is 4.79 Å². The van der Waals surface area contributed by atoms with Gasteiger partial charge in [-0.15, -0.1) is 0 Å². The van der Waals surface area contributed by atoms with Crippen molar-refractivity contribution in [1.82, 2.24) is 15.1 Å². The zero-order valence-electron chi connectivity index (χ0n) is 14.2. The second-order valence-corrected chi connectivity index (χ2v) is 6.00. The van der Waals surface area contributed by atoms with Gasteiger partial charge in [-0.3, -0.25) is 4.79 Å². The highest BCUT2D eigenvalue weighted by atomic mass is 16.1. The first-order valence-corrected chi connectivity index (χ1v) is 8.03. The molecule has 3 rings (SSSR count). The molecule has 1 N–H and O–H groups in total. The molecule has 1 amide bonds. The Bertz CT molecular complexity index is 852. The van der Waals surface area contributed by atoms with Crippen LogP contribution in [0.2, 0.25) is 0 Å². The molecule has 1 heterocycles. The quantitative estimate of drug-likeness (QED) is 0.790. The van der Waals surface area contributed by atoms with Crippen molar-refractivity contribution in [2.75, 3.05) is 0 Å². The largest absolute Gasteiger partial charge is 0.345 e. The maximum absolute atomic E-state index is 12.6. The SMILES string of the molecule is Cc1cccc(-n2ncc(C(=O)N[C@@H](C)c3ccccc3)c2C)c1. The zero-order valence-corrected chi connectivity index (χ0v) is 14.2. The van der Waals surface area contributed by atoms with Gasteiger partial charge >= 0.3 is 0 Å². The van der Waals surface area contributed by atoms with Gasteiger partial charge in [0, 0.05) is 0 Å². The molecule has 0 aliphatic heterocycles. The van der Waals surface area contributed by atoms with Crippen LogP contribution in [0.25, 0.3) is 5.69 Å². The van der Waals surface area contributed by atoms with Gasteiger partial charge in [0.25, 0.3) is 5.91 Å². The molecule has 0 radical (unpaired) electrons. The topological polar surface area (TPSA) is 46.9 Å². The van der Waals surface area contributed by atoms with E-state index in [4.69, 9.17) is 0 Å². The number of nitrogens with one attached hydrogen (secondary N) is 1. The van der Waals surface area contributed by atoms with E-state index < -0.39 is 0 Å². The van der Waals surface area contributed by atoms with Crippen LogP contribution in [-0.2, 0) is 0 Å². The van der Waals surface area contributed by atoms with E-state index in [2.05, 4.69) is 10.4 Å². The Labute approximate surface area is 142 Å². The lowest BCUT2D eigenvalue weighted by Crippen LogP contribution is -2.27. The van der Waals surface area contributed by atoms with Crippen molar-refractivity contribution in [2.45, 2.75) is 26.8 Å². The summed E-state index contributed by atoms with van der Waals surface area (Å²) in [5.74, 6) is -0.109.